The number of amides is 2. The van der Waals surface area contributed by atoms with Crippen LogP contribution in [0.1, 0.15) is 17.5 Å². The Labute approximate surface area is 184 Å². The van der Waals surface area contributed by atoms with E-state index in [1.807, 2.05) is 68.4 Å². The predicted octanol–water partition coefficient (Wildman–Crippen LogP) is 3.40. The van der Waals surface area contributed by atoms with Gasteiger partial charge in [0.05, 0.1) is 11.6 Å². The Hall–Kier alpha value is -4.07. The van der Waals surface area contributed by atoms with Crippen molar-refractivity contribution in [2.45, 2.75) is 20.3 Å². The first-order chi connectivity index (χ1) is 15.5. The number of nitrogens with one attached hydrogen (secondary N) is 1. The molecule has 0 aliphatic carbocycles. The van der Waals surface area contributed by atoms with Crippen molar-refractivity contribution in [1.29, 1.82) is 0 Å². The average Bonchev–Trinajstić information content (AvgIpc) is 3.42. The second-order valence-corrected chi connectivity index (χ2v) is 8.09. The van der Waals surface area contributed by atoms with Crippen LogP contribution < -0.4 is 10.2 Å². The molecule has 2 aromatic carbocycles. The van der Waals surface area contributed by atoms with Crippen molar-refractivity contribution >= 4 is 28.8 Å². The minimum Gasteiger partial charge on any atom is -0.326 e. The first kappa shape index (κ1) is 19.9. The molecule has 0 saturated carbocycles. The fourth-order valence-corrected chi connectivity index (χ4v) is 3.88. The lowest BCUT2D eigenvalue weighted by Gasteiger charge is -2.18. The van der Waals surface area contributed by atoms with Crippen LogP contribution in [-0.4, -0.2) is 38.2 Å². The smallest absolute Gasteiger partial charge is 0.229 e. The van der Waals surface area contributed by atoms with E-state index in [0.717, 1.165) is 22.5 Å². The Balaban J connectivity index is 1.26. The molecule has 1 saturated heterocycles. The van der Waals surface area contributed by atoms with Crippen LogP contribution in [0.25, 0.3) is 16.9 Å². The van der Waals surface area contributed by atoms with Crippen molar-refractivity contribution < 1.29 is 9.59 Å². The maximum absolute atomic E-state index is 12.8. The zero-order chi connectivity index (χ0) is 22.2. The molecule has 5 rings (SSSR count). The molecule has 8 nitrogen and oxygen atoms in total. The summed E-state index contributed by atoms with van der Waals surface area (Å²) in [5.41, 5.74) is 6.20. The first-order valence-corrected chi connectivity index (χ1v) is 10.4. The third kappa shape index (κ3) is 3.71. The van der Waals surface area contributed by atoms with E-state index >= 15 is 0 Å². The molecule has 4 aromatic rings. The van der Waals surface area contributed by atoms with Crippen molar-refractivity contribution in [3.8, 4) is 11.3 Å². The molecule has 1 atom stereocenters. The van der Waals surface area contributed by atoms with E-state index in [-0.39, 0.29) is 24.2 Å². The fraction of sp³-hybridized carbons (Fsp3) is 0.208. The number of aromatic nitrogens is 4. The highest BCUT2D eigenvalue weighted by atomic mass is 16.2. The van der Waals surface area contributed by atoms with Crippen molar-refractivity contribution in [3.63, 3.8) is 0 Å². The van der Waals surface area contributed by atoms with Crippen molar-refractivity contribution in [3.05, 3.63) is 72.1 Å². The van der Waals surface area contributed by atoms with Crippen molar-refractivity contribution in [2.75, 3.05) is 16.8 Å². The van der Waals surface area contributed by atoms with E-state index in [4.69, 9.17) is 0 Å². The van der Waals surface area contributed by atoms with E-state index in [0.29, 0.717) is 17.9 Å². The highest BCUT2D eigenvalue weighted by Crippen LogP contribution is 2.28. The predicted molar refractivity (Wildman–Crippen MR) is 121 cm³/mol. The molecule has 2 amide bonds. The Morgan fingerprint density at radius 1 is 1.03 bits per heavy atom. The van der Waals surface area contributed by atoms with Crippen LogP contribution in [0.5, 0.6) is 0 Å². The fourth-order valence-electron chi connectivity index (χ4n) is 3.88. The SMILES string of the molecule is Cc1ccc(N2CC(C(=O)Nc3ccc(-c4ccc5nncn5n4)cc3)CC2=O)cc1C. The summed E-state index contributed by atoms with van der Waals surface area (Å²) < 4.78 is 1.61. The number of carbonyl (C=O) groups is 2. The van der Waals surface area contributed by atoms with Gasteiger partial charge in [0, 0.05) is 29.9 Å². The molecule has 160 valence electrons. The Bertz CT molecular complexity index is 1330. The minimum absolute atomic E-state index is 0.0285. The molecule has 32 heavy (non-hydrogen) atoms. The second-order valence-electron chi connectivity index (χ2n) is 8.09. The molecule has 0 radical (unpaired) electrons. The lowest BCUT2D eigenvalue weighted by molar-refractivity contribution is -0.122. The zero-order valence-electron chi connectivity index (χ0n) is 17.8. The summed E-state index contributed by atoms with van der Waals surface area (Å²) >= 11 is 0. The Morgan fingerprint density at radius 2 is 1.84 bits per heavy atom. The third-order valence-electron chi connectivity index (χ3n) is 5.91. The van der Waals surface area contributed by atoms with Gasteiger partial charge in [0.1, 0.15) is 6.33 Å². The van der Waals surface area contributed by atoms with Crippen LogP contribution in [0.15, 0.2) is 60.9 Å². The highest BCUT2D eigenvalue weighted by Gasteiger charge is 2.35. The molecule has 1 aliphatic rings. The molecular weight excluding hydrogens is 404 g/mol. The molecule has 1 fully saturated rings. The van der Waals surface area contributed by atoms with E-state index < -0.39 is 0 Å². The summed E-state index contributed by atoms with van der Waals surface area (Å²) in [6.07, 6.45) is 1.76. The molecule has 1 unspecified atom stereocenters. The van der Waals surface area contributed by atoms with Gasteiger partial charge in [0.15, 0.2) is 5.65 Å². The van der Waals surface area contributed by atoms with E-state index in [2.05, 4.69) is 20.6 Å². The molecule has 3 heterocycles. The normalized spacial score (nSPS) is 16.0. The summed E-state index contributed by atoms with van der Waals surface area (Å²) in [6.45, 7) is 4.44. The molecule has 0 spiro atoms. The number of fused-ring (bicyclic) bond motifs is 1. The van der Waals surface area contributed by atoms with Gasteiger partial charge in [-0.15, -0.1) is 10.2 Å². The van der Waals surface area contributed by atoms with Crippen LogP contribution in [0.4, 0.5) is 11.4 Å². The maximum atomic E-state index is 12.8. The van der Waals surface area contributed by atoms with Crippen LogP contribution in [0.3, 0.4) is 0 Å². The van der Waals surface area contributed by atoms with Gasteiger partial charge in [0.2, 0.25) is 11.8 Å². The van der Waals surface area contributed by atoms with Crippen molar-refractivity contribution in [1.82, 2.24) is 19.8 Å². The van der Waals surface area contributed by atoms with E-state index in [1.165, 1.54) is 5.56 Å². The van der Waals surface area contributed by atoms with Gasteiger partial charge in [-0.2, -0.15) is 9.61 Å². The van der Waals surface area contributed by atoms with Gasteiger partial charge >= 0.3 is 0 Å². The summed E-state index contributed by atoms with van der Waals surface area (Å²) in [5.74, 6) is -0.567. The molecule has 8 heteroatoms. The number of hydrogen-bond acceptors (Lipinski definition) is 5. The van der Waals surface area contributed by atoms with Gasteiger partial charge in [-0.25, -0.2) is 0 Å². The topological polar surface area (TPSA) is 92.5 Å². The molecule has 1 aliphatic heterocycles. The summed E-state index contributed by atoms with van der Waals surface area (Å²) in [4.78, 5) is 27.1. The first-order valence-electron chi connectivity index (χ1n) is 10.4. The van der Waals surface area contributed by atoms with Crippen LogP contribution in [0.2, 0.25) is 0 Å². The van der Waals surface area contributed by atoms with Gasteiger partial charge in [-0.1, -0.05) is 18.2 Å². The van der Waals surface area contributed by atoms with Crippen molar-refractivity contribution in [2.24, 2.45) is 5.92 Å². The number of rotatable bonds is 4. The number of benzene rings is 2. The largest absolute Gasteiger partial charge is 0.326 e. The molecule has 0 bridgehead atoms. The average molecular weight is 426 g/mol. The van der Waals surface area contributed by atoms with Gasteiger partial charge in [-0.3, -0.25) is 9.59 Å². The zero-order valence-corrected chi connectivity index (χ0v) is 17.8. The second kappa shape index (κ2) is 7.88. The number of aryl methyl sites for hydroxylation is 2. The number of anilines is 2. The third-order valence-corrected chi connectivity index (χ3v) is 5.91. The summed E-state index contributed by atoms with van der Waals surface area (Å²) in [5, 5.41) is 15.2. The lowest BCUT2D eigenvalue weighted by atomic mass is 10.1. The monoisotopic (exact) mass is 426 g/mol. The van der Waals surface area contributed by atoms with Crippen LogP contribution in [0, 0.1) is 19.8 Å². The molecule has 2 aromatic heterocycles. The quantitative estimate of drug-likeness (QED) is 0.540. The molecular formula is C24H22N6O2. The lowest BCUT2D eigenvalue weighted by Crippen LogP contribution is -2.28. The summed E-state index contributed by atoms with van der Waals surface area (Å²) in [6, 6.07) is 17.1. The standard InChI is InChI=1S/C24H22N6O2/c1-15-3-8-20(11-16(15)2)29-13-18(12-23(29)31)24(32)26-19-6-4-17(5-7-19)21-9-10-22-27-25-14-30(22)28-21/h3-11,14,18H,12-13H2,1-2H3,(H,26,32). The Kier molecular flexibility index (Phi) is 4.89. The number of nitrogens with zero attached hydrogens (tertiary/aromatic N) is 5. The van der Waals surface area contributed by atoms with Gasteiger partial charge < -0.3 is 10.2 Å². The minimum atomic E-state index is -0.387. The van der Waals surface area contributed by atoms with Crippen LogP contribution >= 0.6 is 0 Å². The van der Waals surface area contributed by atoms with Gasteiger partial charge in [0.25, 0.3) is 0 Å². The summed E-state index contributed by atoms with van der Waals surface area (Å²) in [7, 11) is 0. The number of carbonyl (C=O) groups excluding carboxylic acids is 2. The Morgan fingerprint density at radius 3 is 2.62 bits per heavy atom. The van der Waals surface area contributed by atoms with Crippen LogP contribution in [-0.2, 0) is 9.59 Å². The highest BCUT2D eigenvalue weighted by molar-refractivity contribution is 6.03. The number of hydrogen-bond donors (Lipinski definition) is 1. The maximum Gasteiger partial charge on any atom is 0.229 e. The van der Waals surface area contributed by atoms with E-state index in [1.54, 1.807) is 15.7 Å². The molecule has 1 N–H and O–H groups in total. The van der Waals surface area contributed by atoms with E-state index in [9.17, 15) is 9.59 Å². The van der Waals surface area contributed by atoms with Gasteiger partial charge in [-0.05, 0) is 61.4 Å².